The van der Waals surface area contributed by atoms with Crippen molar-refractivity contribution in [1.82, 2.24) is 10.3 Å². The van der Waals surface area contributed by atoms with E-state index in [0.717, 1.165) is 0 Å². The molecule has 1 aromatic heterocycles. The maximum atomic E-state index is 11.7. The lowest BCUT2D eigenvalue weighted by Gasteiger charge is -2.23. The van der Waals surface area contributed by atoms with Gasteiger partial charge in [0.15, 0.2) is 0 Å². The number of pyridine rings is 1. The molecule has 0 fully saturated rings. The second-order valence-corrected chi connectivity index (χ2v) is 5.74. The molecule has 1 unspecified atom stereocenters. The summed E-state index contributed by atoms with van der Waals surface area (Å²) in [4.78, 5) is 15.6. The van der Waals surface area contributed by atoms with Crippen LogP contribution in [0.25, 0.3) is 0 Å². The second kappa shape index (κ2) is 6.41. The number of rotatable bonds is 3. The summed E-state index contributed by atoms with van der Waals surface area (Å²) in [5.74, 6) is 0. The lowest BCUT2D eigenvalue weighted by Crippen LogP contribution is -2.37. The van der Waals surface area contributed by atoms with Gasteiger partial charge < -0.3 is 15.8 Å². The lowest BCUT2D eigenvalue weighted by atomic mass is 10.1. The summed E-state index contributed by atoms with van der Waals surface area (Å²) >= 11 is 11.6. The smallest absolute Gasteiger partial charge is 0.408 e. The van der Waals surface area contributed by atoms with Gasteiger partial charge in [-0.2, -0.15) is 0 Å². The second-order valence-electron chi connectivity index (χ2n) is 4.98. The van der Waals surface area contributed by atoms with Crippen molar-refractivity contribution in [3.8, 4) is 0 Å². The molecule has 0 saturated carbocycles. The average molecular weight is 306 g/mol. The summed E-state index contributed by atoms with van der Waals surface area (Å²) in [6.07, 6.45) is 0.970. The minimum Gasteiger partial charge on any atom is -0.444 e. The number of carbonyl (C=O) groups is 1. The highest BCUT2D eigenvalue weighted by molar-refractivity contribution is 6.41. The standard InChI is InChI=1S/C12H17Cl2N3O2/c1-12(2,3)19-11(18)17-9(5-15)7-4-8(13)10(14)16-6-7/h4,6,9H,5,15H2,1-3H3,(H,17,18). The fourth-order valence-corrected chi connectivity index (χ4v) is 1.63. The minimum atomic E-state index is -0.570. The number of hydrogen-bond donors (Lipinski definition) is 2. The maximum absolute atomic E-state index is 11.7. The topological polar surface area (TPSA) is 77.2 Å². The van der Waals surface area contributed by atoms with E-state index in [1.165, 1.54) is 6.20 Å². The largest absolute Gasteiger partial charge is 0.444 e. The summed E-state index contributed by atoms with van der Waals surface area (Å²) in [5.41, 5.74) is 5.73. The molecule has 1 aromatic rings. The number of nitrogens with one attached hydrogen (secondary N) is 1. The molecule has 3 N–H and O–H groups in total. The van der Waals surface area contributed by atoms with E-state index >= 15 is 0 Å². The Bertz CT molecular complexity index is 461. The highest BCUT2D eigenvalue weighted by Crippen LogP contribution is 2.23. The van der Waals surface area contributed by atoms with E-state index in [9.17, 15) is 4.79 Å². The van der Waals surface area contributed by atoms with Crippen molar-refractivity contribution in [2.24, 2.45) is 5.73 Å². The number of alkyl carbamates (subject to hydrolysis) is 1. The monoisotopic (exact) mass is 305 g/mol. The minimum absolute atomic E-state index is 0.193. The molecule has 0 saturated heterocycles. The first kappa shape index (κ1) is 16.0. The van der Waals surface area contributed by atoms with Crippen molar-refractivity contribution in [3.05, 3.63) is 28.0 Å². The first-order valence-corrected chi connectivity index (χ1v) is 6.49. The van der Waals surface area contributed by atoms with Crippen LogP contribution in [0.2, 0.25) is 10.2 Å². The summed E-state index contributed by atoms with van der Waals surface area (Å²) in [5, 5.41) is 3.17. The molecule has 1 rings (SSSR count). The Balaban J connectivity index is 2.78. The van der Waals surface area contributed by atoms with Gasteiger partial charge >= 0.3 is 6.09 Å². The molecule has 5 nitrogen and oxygen atoms in total. The molecule has 7 heteroatoms. The molecule has 0 aliphatic rings. The fourth-order valence-electron chi connectivity index (χ4n) is 1.35. The third-order valence-corrected chi connectivity index (χ3v) is 2.83. The number of ether oxygens (including phenoxy) is 1. The number of hydrogen-bond acceptors (Lipinski definition) is 4. The van der Waals surface area contributed by atoms with Crippen LogP contribution in [0.15, 0.2) is 12.3 Å². The molecule has 106 valence electrons. The third-order valence-electron chi connectivity index (χ3n) is 2.15. The first-order valence-electron chi connectivity index (χ1n) is 5.73. The molecule has 1 heterocycles. The summed E-state index contributed by atoms with van der Waals surface area (Å²) < 4.78 is 5.16. The number of aromatic nitrogens is 1. The van der Waals surface area contributed by atoms with Crippen LogP contribution in [0.3, 0.4) is 0 Å². The molecule has 0 aliphatic carbocycles. The molecule has 0 radical (unpaired) electrons. The zero-order valence-corrected chi connectivity index (χ0v) is 12.5. The highest BCUT2D eigenvalue weighted by Gasteiger charge is 2.20. The highest BCUT2D eigenvalue weighted by atomic mass is 35.5. The van der Waals surface area contributed by atoms with Crippen LogP contribution >= 0.6 is 23.2 Å². The van der Waals surface area contributed by atoms with Gasteiger partial charge in [0.1, 0.15) is 10.8 Å². The van der Waals surface area contributed by atoms with Gasteiger partial charge in [0, 0.05) is 12.7 Å². The van der Waals surface area contributed by atoms with Crippen LogP contribution in [0.5, 0.6) is 0 Å². The molecule has 19 heavy (non-hydrogen) atoms. The Morgan fingerprint density at radius 1 is 1.53 bits per heavy atom. The average Bonchev–Trinajstić information content (AvgIpc) is 2.27. The van der Waals surface area contributed by atoms with E-state index in [1.807, 2.05) is 0 Å². The zero-order valence-electron chi connectivity index (χ0n) is 11.0. The molecule has 0 spiro atoms. The van der Waals surface area contributed by atoms with E-state index < -0.39 is 17.7 Å². The molecular weight excluding hydrogens is 289 g/mol. The normalized spacial score (nSPS) is 12.9. The van der Waals surface area contributed by atoms with Crippen molar-refractivity contribution in [2.75, 3.05) is 6.54 Å². The van der Waals surface area contributed by atoms with Gasteiger partial charge in [0.25, 0.3) is 0 Å². The Morgan fingerprint density at radius 2 is 2.16 bits per heavy atom. The summed E-state index contributed by atoms with van der Waals surface area (Å²) in [6.45, 7) is 5.54. The number of halogens is 2. The van der Waals surface area contributed by atoms with Crippen LogP contribution in [-0.2, 0) is 4.74 Å². The Kier molecular flexibility index (Phi) is 5.40. The predicted octanol–water partition coefficient (Wildman–Crippen LogP) is 2.91. The molecule has 1 amide bonds. The number of nitrogens with two attached hydrogens (primary N) is 1. The van der Waals surface area contributed by atoms with Crippen LogP contribution in [-0.4, -0.2) is 23.2 Å². The SMILES string of the molecule is CC(C)(C)OC(=O)NC(CN)c1cnc(Cl)c(Cl)c1. The van der Waals surface area contributed by atoms with Crippen molar-refractivity contribution in [2.45, 2.75) is 32.4 Å². The molecular formula is C12H17Cl2N3O2. The van der Waals surface area contributed by atoms with Crippen LogP contribution in [0.4, 0.5) is 4.79 Å². The van der Waals surface area contributed by atoms with E-state index in [4.69, 9.17) is 33.7 Å². The molecule has 0 bridgehead atoms. The van der Waals surface area contributed by atoms with Gasteiger partial charge in [-0.3, -0.25) is 0 Å². The van der Waals surface area contributed by atoms with E-state index in [-0.39, 0.29) is 11.7 Å². The van der Waals surface area contributed by atoms with Gasteiger partial charge in [0.2, 0.25) is 0 Å². The number of nitrogens with zero attached hydrogens (tertiary/aromatic N) is 1. The van der Waals surface area contributed by atoms with Gasteiger partial charge in [-0.15, -0.1) is 0 Å². The third kappa shape index (κ3) is 5.22. The summed E-state index contributed by atoms with van der Waals surface area (Å²) in [7, 11) is 0. The number of amides is 1. The Morgan fingerprint density at radius 3 is 2.63 bits per heavy atom. The fraction of sp³-hybridized carbons (Fsp3) is 0.500. The van der Waals surface area contributed by atoms with Crippen LogP contribution in [0, 0.1) is 0 Å². The Labute approximate surface area is 122 Å². The van der Waals surface area contributed by atoms with Crippen molar-refractivity contribution >= 4 is 29.3 Å². The zero-order chi connectivity index (χ0) is 14.6. The first-order chi connectivity index (χ1) is 8.73. The van der Waals surface area contributed by atoms with Crippen LogP contribution in [0.1, 0.15) is 32.4 Å². The van der Waals surface area contributed by atoms with E-state index in [1.54, 1.807) is 26.8 Å². The van der Waals surface area contributed by atoms with Crippen molar-refractivity contribution in [1.29, 1.82) is 0 Å². The quantitative estimate of drug-likeness (QED) is 0.842. The Hall–Kier alpha value is -1.04. The van der Waals surface area contributed by atoms with Gasteiger partial charge in [-0.25, -0.2) is 9.78 Å². The van der Waals surface area contributed by atoms with Crippen molar-refractivity contribution < 1.29 is 9.53 Å². The molecule has 0 aliphatic heterocycles. The predicted molar refractivity (Wildman–Crippen MR) is 75.4 cm³/mol. The van der Waals surface area contributed by atoms with Gasteiger partial charge in [-0.05, 0) is 32.4 Å². The van der Waals surface area contributed by atoms with Gasteiger partial charge in [0.05, 0.1) is 11.1 Å². The van der Waals surface area contributed by atoms with Crippen LogP contribution < -0.4 is 11.1 Å². The lowest BCUT2D eigenvalue weighted by molar-refractivity contribution is 0.0505. The van der Waals surface area contributed by atoms with Gasteiger partial charge in [-0.1, -0.05) is 23.2 Å². The maximum Gasteiger partial charge on any atom is 0.408 e. The van der Waals surface area contributed by atoms with E-state index in [0.29, 0.717) is 10.6 Å². The number of carbonyl (C=O) groups excluding carboxylic acids is 1. The molecule has 0 aromatic carbocycles. The van der Waals surface area contributed by atoms with Crippen molar-refractivity contribution in [3.63, 3.8) is 0 Å². The summed E-state index contributed by atoms with van der Waals surface area (Å²) in [6, 6.07) is 1.18. The molecule has 1 atom stereocenters. The van der Waals surface area contributed by atoms with E-state index in [2.05, 4.69) is 10.3 Å².